The molecule has 4 nitrogen and oxygen atoms in total. The van der Waals surface area contributed by atoms with Crippen LogP contribution >= 0.6 is 0 Å². The summed E-state index contributed by atoms with van der Waals surface area (Å²) >= 11 is 0. The van der Waals surface area contributed by atoms with E-state index in [1.807, 2.05) is 12.1 Å². The molecule has 0 unspecified atom stereocenters. The molecule has 0 bridgehead atoms. The maximum Gasteiger partial charge on any atom is 0.340 e. The van der Waals surface area contributed by atoms with Gasteiger partial charge in [-0.15, -0.1) is 0 Å². The van der Waals surface area contributed by atoms with Crippen LogP contribution < -0.4 is 11.1 Å². The summed E-state index contributed by atoms with van der Waals surface area (Å²) in [5.41, 5.74) is 7.86. The molecule has 106 valence electrons. The van der Waals surface area contributed by atoms with Crippen LogP contribution in [0.2, 0.25) is 0 Å². The number of nitrogen functional groups attached to an aromatic ring is 1. The van der Waals surface area contributed by atoms with Gasteiger partial charge in [0.05, 0.1) is 23.5 Å². The SMILES string of the molecule is CCOC(=O)c1cccc(NCC(C)(C)CC)c1N. The third kappa shape index (κ3) is 4.16. The summed E-state index contributed by atoms with van der Waals surface area (Å²) in [5.74, 6) is -0.376. The lowest BCUT2D eigenvalue weighted by Crippen LogP contribution is -2.22. The molecule has 0 fully saturated rings. The Labute approximate surface area is 115 Å². The number of hydrogen-bond donors (Lipinski definition) is 2. The smallest absolute Gasteiger partial charge is 0.340 e. The van der Waals surface area contributed by atoms with Gasteiger partial charge in [0.15, 0.2) is 0 Å². The van der Waals surface area contributed by atoms with Gasteiger partial charge >= 0.3 is 5.97 Å². The maximum absolute atomic E-state index is 11.7. The average Bonchev–Trinajstić information content (AvgIpc) is 2.38. The molecule has 0 atom stereocenters. The molecule has 0 spiro atoms. The maximum atomic E-state index is 11.7. The van der Waals surface area contributed by atoms with Crippen molar-refractivity contribution in [3.63, 3.8) is 0 Å². The Hall–Kier alpha value is -1.71. The van der Waals surface area contributed by atoms with Gasteiger partial charge in [0, 0.05) is 6.54 Å². The predicted octanol–water partition coefficient (Wildman–Crippen LogP) is 3.29. The van der Waals surface area contributed by atoms with Crippen LogP contribution in [-0.2, 0) is 4.74 Å². The predicted molar refractivity (Wildman–Crippen MR) is 79.4 cm³/mol. The second-order valence-electron chi connectivity index (χ2n) is 5.36. The van der Waals surface area contributed by atoms with E-state index in [2.05, 4.69) is 26.1 Å². The largest absolute Gasteiger partial charge is 0.462 e. The van der Waals surface area contributed by atoms with Crippen molar-refractivity contribution in [2.24, 2.45) is 5.41 Å². The molecule has 1 aromatic carbocycles. The van der Waals surface area contributed by atoms with Crippen molar-refractivity contribution in [3.8, 4) is 0 Å². The van der Waals surface area contributed by atoms with Crippen molar-refractivity contribution in [2.45, 2.75) is 34.1 Å². The number of benzene rings is 1. The molecule has 0 radical (unpaired) electrons. The van der Waals surface area contributed by atoms with Gasteiger partial charge in [0.25, 0.3) is 0 Å². The summed E-state index contributed by atoms with van der Waals surface area (Å²) in [6.07, 6.45) is 1.07. The zero-order valence-corrected chi connectivity index (χ0v) is 12.2. The van der Waals surface area contributed by atoms with Crippen LogP contribution in [0.1, 0.15) is 44.5 Å². The monoisotopic (exact) mass is 264 g/mol. The lowest BCUT2D eigenvalue weighted by molar-refractivity contribution is 0.0527. The molecule has 4 heteroatoms. The third-order valence-corrected chi connectivity index (χ3v) is 3.32. The summed E-state index contributed by atoms with van der Waals surface area (Å²) in [6.45, 7) is 9.45. The van der Waals surface area contributed by atoms with Crippen molar-refractivity contribution in [3.05, 3.63) is 23.8 Å². The van der Waals surface area contributed by atoms with Crippen molar-refractivity contribution in [1.82, 2.24) is 0 Å². The first-order chi connectivity index (χ1) is 8.91. The molecule has 0 aliphatic carbocycles. The molecule has 1 rings (SSSR count). The topological polar surface area (TPSA) is 64.3 Å². The van der Waals surface area contributed by atoms with Crippen LogP contribution in [0.5, 0.6) is 0 Å². The minimum absolute atomic E-state index is 0.187. The summed E-state index contributed by atoms with van der Waals surface area (Å²) in [7, 11) is 0. The van der Waals surface area contributed by atoms with Gasteiger partial charge < -0.3 is 15.8 Å². The van der Waals surface area contributed by atoms with Crippen LogP contribution in [0.3, 0.4) is 0 Å². The Balaban J connectivity index is 2.86. The Bertz CT molecular complexity index is 442. The van der Waals surface area contributed by atoms with Gasteiger partial charge in [-0.3, -0.25) is 0 Å². The van der Waals surface area contributed by atoms with E-state index in [1.54, 1.807) is 13.0 Å². The number of esters is 1. The fourth-order valence-corrected chi connectivity index (χ4v) is 1.57. The highest BCUT2D eigenvalue weighted by Crippen LogP contribution is 2.26. The number of ether oxygens (including phenoxy) is 1. The molecule has 0 aliphatic heterocycles. The number of nitrogens with two attached hydrogens (primary N) is 1. The van der Waals surface area contributed by atoms with E-state index >= 15 is 0 Å². The van der Waals surface area contributed by atoms with Crippen LogP contribution in [0, 0.1) is 5.41 Å². The second kappa shape index (κ2) is 6.45. The van der Waals surface area contributed by atoms with Gasteiger partial charge in [-0.05, 0) is 30.9 Å². The molecular weight excluding hydrogens is 240 g/mol. The lowest BCUT2D eigenvalue weighted by atomic mass is 9.90. The van der Waals surface area contributed by atoms with E-state index in [-0.39, 0.29) is 11.4 Å². The minimum Gasteiger partial charge on any atom is -0.462 e. The van der Waals surface area contributed by atoms with E-state index in [4.69, 9.17) is 10.5 Å². The summed E-state index contributed by atoms with van der Waals surface area (Å²) < 4.78 is 4.98. The second-order valence-corrected chi connectivity index (χ2v) is 5.36. The number of rotatable bonds is 6. The van der Waals surface area contributed by atoms with Crippen LogP contribution in [-0.4, -0.2) is 19.1 Å². The van der Waals surface area contributed by atoms with E-state index < -0.39 is 0 Å². The molecule has 3 N–H and O–H groups in total. The van der Waals surface area contributed by atoms with Crippen LogP contribution in [0.15, 0.2) is 18.2 Å². The number of para-hydroxylation sites is 1. The number of nitrogens with one attached hydrogen (secondary N) is 1. The van der Waals surface area contributed by atoms with Gasteiger partial charge in [0.2, 0.25) is 0 Å². The highest BCUT2D eigenvalue weighted by molar-refractivity contribution is 5.98. The number of anilines is 2. The first-order valence-electron chi connectivity index (χ1n) is 6.70. The van der Waals surface area contributed by atoms with Crippen molar-refractivity contribution in [2.75, 3.05) is 24.2 Å². The number of carbonyl (C=O) groups is 1. The van der Waals surface area contributed by atoms with E-state index in [0.29, 0.717) is 17.9 Å². The number of carbonyl (C=O) groups excluding carboxylic acids is 1. The first-order valence-corrected chi connectivity index (χ1v) is 6.70. The Morgan fingerprint density at radius 3 is 2.63 bits per heavy atom. The minimum atomic E-state index is -0.376. The van der Waals surface area contributed by atoms with E-state index in [0.717, 1.165) is 18.7 Å². The fourth-order valence-electron chi connectivity index (χ4n) is 1.57. The molecule has 0 saturated carbocycles. The quantitative estimate of drug-likeness (QED) is 0.611. The van der Waals surface area contributed by atoms with Gasteiger partial charge in [0.1, 0.15) is 0 Å². The van der Waals surface area contributed by atoms with Crippen molar-refractivity contribution >= 4 is 17.3 Å². The average molecular weight is 264 g/mol. The Morgan fingerprint density at radius 1 is 1.37 bits per heavy atom. The van der Waals surface area contributed by atoms with Crippen molar-refractivity contribution < 1.29 is 9.53 Å². The molecule has 1 aromatic rings. The standard InChI is InChI=1S/C15H24N2O2/c1-5-15(3,4)10-17-12-9-7-8-11(13(12)16)14(18)19-6-2/h7-9,17H,5-6,10,16H2,1-4H3. The zero-order valence-electron chi connectivity index (χ0n) is 12.2. The van der Waals surface area contributed by atoms with Crippen molar-refractivity contribution in [1.29, 1.82) is 0 Å². The zero-order chi connectivity index (χ0) is 14.5. The molecule has 0 aromatic heterocycles. The first kappa shape index (κ1) is 15.3. The summed E-state index contributed by atoms with van der Waals surface area (Å²) in [4.78, 5) is 11.7. The van der Waals surface area contributed by atoms with Crippen LogP contribution in [0.4, 0.5) is 11.4 Å². The molecular formula is C15H24N2O2. The highest BCUT2D eigenvalue weighted by Gasteiger charge is 2.17. The molecule has 0 heterocycles. The van der Waals surface area contributed by atoms with Crippen LogP contribution in [0.25, 0.3) is 0 Å². The molecule has 19 heavy (non-hydrogen) atoms. The van der Waals surface area contributed by atoms with E-state index in [9.17, 15) is 4.79 Å². The summed E-state index contributed by atoms with van der Waals surface area (Å²) in [5, 5.41) is 3.31. The van der Waals surface area contributed by atoms with E-state index in [1.165, 1.54) is 0 Å². The Kier molecular flexibility index (Phi) is 5.21. The molecule has 0 aliphatic rings. The lowest BCUT2D eigenvalue weighted by Gasteiger charge is -2.24. The van der Waals surface area contributed by atoms with Gasteiger partial charge in [-0.25, -0.2) is 4.79 Å². The molecule has 0 saturated heterocycles. The normalized spacial score (nSPS) is 11.2. The van der Waals surface area contributed by atoms with Gasteiger partial charge in [-0.2, -0.15) is 0 Å². The number of hydrogen-bond acceptors (Lipinski definition) is 4. The highest BCUT2D eigenvalue weighted by atomic mass is 16.5. The summed E-state index contributed by atoms with van der Waals surface area (Å²) in [6, 6.07) is 5.37. The molecule has 0 amide bonds. The Morgan fingerprint density at radius 2 is 2.05 bits per heavy atom. The third-order valence-electron chi connectivity index (χ3n) is 3.32. The fraction of sp³-hybridized carbons (Fsp3) is 0.533. The van der Waals surface area contributed by atoms with Gasteiger partial charge in [-0.1, -0.05) is 26.8 Å².